The van der Waals surface area contributed by atoms with Crippen LogP contribution in [-0.4, -0.2) is 18.7 Å². The van der Waals surface area contributed by atoms with Crippen LogP contribution >= 0.6 is 0 Å². The molecule has 0 radical (unpaired) electrons. The van der Waals surface area contributed by atoms with E-state index in [9.17, 15) is 5.11 Å². The van der Waals surface area contributed by atoms with Crippen molar-refractivity contribution in [2.45, 2.75) is 25.4 Å². The molecule has 1 atom stereocenters. The van der Waals surface area contributed by atoms with Gasteiger partial charge in [-0.2, -0.15) is 0 Å². The third-order valence-electron chi connectivity index (χ3n) is 5.28. The van der Waals surface area contributed by atoms with Crippen LogP contribution in [0, 0.1) is 0 Å². The van der Waals surface area contributed by atoms with Gasteiger partial charge >= 0.3 is 0 Å². The highest BCUT2D eigenvalue weighted by Gasteiger charge is 2.17. The predicted molar refractivity (Wildman–Crippen MR) is 130 cm³/mol. The molecule has 0 fully saturated rings. The SMILES string of the molecule is C=CCc1ccc(OC(CCNC)c2ccccc2)c(-c2ccc(O)c(CC=C)c2)c1. The molecule has 0 spiro atoms. The summed E-state index contributed by atoms with van der Waals surface area (Å²) in [6, 6.07) is 22.3. The lowest BCUT2D eigenvalue weighted by molar-refractivity contribution is 0.196. The first-order chi connectivity index (χ1) is 15.2. The van der Waals surface area contributed by atoms with Crippen molar-refractivity contribution in [3.63, 3.8) is 0 Å². The van der Waals surface area contributed by atoms with E-state index < -0.39 is 0 Å². The second-order valence-electron chi connectivity index (χ2n) is 7.57. The number of nitrogens with one attached hydrogen (secondary N) is 1. The predicted octanol–water partition coefficient (Wildman–Crippen LogP) is 6.25. The van der Waals surface area contributed by atoms with Crippen LogP contribution in [0.25, 0.3) is 11.1 Å². The van der Waals surface area contributed by atoms with Gasteiger partial charge in [-0.3, -0.25) is 0 Å². The van der Waals surface area contributed by atoms with Gasteiger partial charge in [0.05, 0.1) is 0 Å². The highest BCUT2D eigenvalue weighted by Crippen LogP contribution is 2.37. The van der Waals surface area contributed by atoms with Crippen LogP contribution in [-0.2, 0) is 12.8 Å². The Kier molecular flexibility index (Phi) is 8.08. The highest BCUT2D eigenvalue weighted by atomic mass is 16.5. The molecule has 160 valence electrons. The summed E-state index contributed by atoms with van der Waals surface area (Å²) >= 11 is 0. The largest absolute Gasteiger partial charge is 0.508 e. The third-order valence-corrected chi connectivity index (χ3v) is 5.28. The summed E-state index contributed by atoms with van der Waals surface area (Å²) in [5.74, 6) is 1.11. The van der Waals surface area contributed by atoms with Crippen LogP contribution in [0.1, 0.15) is 29.2 Å². The monoisotopic (exact) mass is 413 g/mol. The number of allylic oxidation sites excluding steroid dienone is 2. The average molecular weight is 414 g/mol. The lowest BCUT2D eigenvalue weighted by Gasteiger charge is -2.22. The Morgan fingerprint density at radius 3 is 2.45 bits per heavy atom. The van der Waals surface area contributed by atoms with Crippen molar-refractivity contribution in [3.8, 4) is 22.6 Å². The summed E-state index contributed by atoms with van der Waals surface area (Å²) < 4.78 is 6.60. The van der Waals surface area contributed by atoms with E-state index in [0.29, 0.717) is 6.42 Å². The Morgan fingerprint density at radius 1 is 0.968 bits per heavy atom. The summed E-state index contributed by atoms with van der Waals surface area (Å²) in [7, 11) is 1.95. The van der Waals surface area contributed by atoms with Gasteiger partial charge in [0, 0.05) is 12.0 Å². The van der Waals surface area contributed by atoms with E-state index in [2.05, 4.69) is 42.7 Å². The second-order valence-corrected chi connectivity index (χ2v) is 7.57. The first-order valence-corrected chi connectivity index (χ1v) is 10.7. The summed E-state index contributed by atoms with van der Waals surface area (Å²) in [4.78, 5) is 0. The molecule has 0 aliphatic carbocycles. The molecule has 3 nitrogen and oxygen atoms in total. The van der Waals surface area contributed by atoms with Gasteiger partial charge in [-0.25, -0.2) is 0 Å². The van der Waals surface area contributed by atoms with Gasteiger partial charge in [-0.15, -0.1) is 13.2 Å². The van der Waals surface area contributed by atoms with Crippen LogP contribution in [0.5, 0.6) is 11.5 Å². The van der Waals surface area contributed by atoms with Gasteiger partial charge < -0.3 is 15.2 Å². The zero-order valence-corrected chi connectivity index (χ0v) is 18.2. The Labute approximate surface area is 185 Å². The summed E-state index contributed by atoms with van der Waals surface area (Å²) in [6.07, 6.45) is 5.88. The smallest absolute Gasteiger partial charge is 0.128 e. The van der Waals surface area contributed by atoms with Crippen molar-refractivity contribution in [3.05, 3.63) is 109 Å². The topological polar surface area (TPSA) is 41.5 Å². The third kappa shape index (κ3) is 5.87. The molecule has 0 saturated heterocycles. The van der Waals surface area contributed by atoms with Gasteiger partial charge in [0.25, 0.3) is 0 Å². The second kappa shape index (κ2) is 11.2. The Balaban J connectivity index is 2.04. The van der Waals surface area contributed by atoms with Gasteiger partial charge in [-0.05, 0) is 73.0 Å². The van der Waals surface area contributed by atoms with Gasteiger partial charge in [0.15, 0.2) is 0 Å². The fraction of sp³-hybridized carbons (Fsp3) is 0.214. The molecule has 31 heavy (non-hydrogen) atoms. The Morgan fingerprint density at radius 2 is 1.74 bits per heavy atom. The van der Waals surface area contributed by atoms with Crippen molar-refractivity contribution in [2.24, 2.45) is 0 Å². The maximum atomic E-state index is 10.2. The fourth-order valence-electron chi connectivity index (χ4n) is 3.66. The molecule has 0 bridgehead atoms. The fourth-order valence-corrected chi connectivity index (χ4v) is 3.66. The van der Waals surface area contributed by atoms with Gasteiger partial charge in [0.2, 0.25) is 0 Å². The number of ether oxygens (including phenoxy) is 1. The van der Waals surface area contributed by atoms with E-state index in [-0.39, 0.29) is 11.9 Å². The number of aromatic hydroxyl groups is 1. The normalized spacial score (nSPS) is 11.6. The summed E-state index contributed by atoms with van der Waals surface area (Å²) in [5, 5.41) is 13.4. The van der Waals surface area contributed by atoms with Crippen molar-refractivity contribution >= 4 is 0 Å². The molecule has 1 unspecified atom stereocenters. The summed E-state index contributed by atoms with van der Waals surface area (Å²) in [6.45, 7) is 8.53. The van der Waals surface area contributed by atoms with Crippen molar-refractivity contribution in [1.82, 2.24) is 5.32 Å². The van der Waals surface area contributed by atoms with Crippen molar-refractivity contribution in [1.29, 1.82) is 0 Å². The van der Waals surface area contributed by atoms with E-state index in [0.717, 1.165) is 47.4 Å². The molecular weight excluding hydrogens is 382 g/mol. The van der Waals surface area contributed by atoms with Crippen LogP contribution in [0.2, 0.25) is 0 Å². The van der Waals surface area contributed by atoms with Gasteiger partial charge in [-0.1, -0.05) is 54.6 Å². The maximum Gasteiger partial charge on any atom is 0.128 e. The standard InChI is InChI=1S/C28H31NO2/c1-4-9-21-13-16-28(31-27(17-18-29-3)22-11-7-6-8-12-22)25(19-21)23-14-15-26(30)24(20-23)10-5-2/h4-8,11-16,19-20,27,29-30H,1-2,9-10,17-18H2,3H3. The summed E-state index contributed by atoms with van der Waals surface area (Å²) in [5.41, 5.74) is 5.19. The van der Waals surface area contributed by atoms with Crippen LogP contribution in [0.4, 0.5) is 0 Å². The number of hydrogen-bond acceptors (Lipinski definition) is 3. The number of benzene rings is 3. The molecule has 0 aliphatic rings. The highest BCUT2D eigenvalue weighted by molar-refractivity contribution is 5.73. The van der Waals surface area contributed by atoms with E-state index >= 15 is 0 Å². The Hall–Kier alpha value is -3.30. The van der Waals surface area contributed by atoms with E-state index in [4.69, 9.17) is 4.74 Å². The molecule has 0 aliphatic heterocycles. The molecule has 3 aromatic rings. The van der Waals surface area contributed by atoms with E-state index in [1.54, 1.807) is 12.1 Å². The number of phenols is 1. The van der Waals surface area contributed by atoms with E-state index in [1.807, 2.05) is 49.5 Å². The molecule has 0 amide bonds. The van der Waals surface area contributed by atoms with Crippen molar-refractivity contribution in [2.75, 3.05) is 13.6 Å². The first-order valence-electron chi connectivity index (χ1n) is 10.7. The van der Waals surface area contributed by atoms with Crippen LogP contribution < -0.4 is 10.1 Å². The lowest BCUT2D eigenvalue weighted by Crippen LogP contribution is -2.16. The molecule has 0 heterocycles. The number of hydrogen-bond donors (Lipinski definition) is 2. The molecule has 2 N–H and O–H groups in total. The van der Waals surface area contributed by atoms with Crippen LogP contribution in [0.3, 0.4) is 0 Å². The molecule has 3 heteroatoms. The molecular formula is C28H31NO2. The quantitative estimate of drug-likeness (QED) is 0.365. The van der Waals surface area contributed by atoms with Crippen molar-refractivity contribution < 1.29 is 9.84 Å². The zero-order valence-electron chi connectivity index (χ0n) is 18.2. The van der Waals surface area contributed by atoms with E-state index in [1.165, 1.54) is 5.56 Å². The lowest BCUT2D eigenvalue weighted by atomic mass is 9.97. The minimum absolute atomic E-state index is 0.0672. The average Bonchev–Trinajstić information content (AvgIpc) is 2.80. The minimum atomic E-state index is -0.0672. The molecule has 0 saturated carbocycles. The first kappa shape index (κ1) is 22.4. The van der Waals surface area contributed by atoms with Crippen LogP contribution in [0.15, 0.2) is 92.0 Å². The van der Waals surface area contributed by atoms with Gasteiger partial charge in [0.1, 0.15) is 17.6 Å². The zero-order chi connectivity index (χ0) is 22.1. The Bertz CT molecular complexity index is 1010. The molecule has 3 aromatic carbocycles. The maximum absolute atomic E-state index is 10.2. The molecule has 0 aromatic heterocycles. The number of rotatable bonds is 11. The molecule has 3 rings (SSSR count). The number of phenolic OH excluding ortho intramolecular Hbond substituents is 1. The minimum Gasteiger partial charge on any atom is -0.508 e.